The lowest BCUT2D eigenvalue weighted by atomic mass is 10.1. The van der Waals surface area contributed by atoms with E-state index in [1.807, 2.05) is 24.3 Å². The molecule has 1 aliphatic heterocycles. The molecule has 0 radical (unpaired) electrons. The molecule has 1 saturated heterocycles. The highest BCUT2D eigenvalue weighted by atomic mass is 16.2. The van der Waals surface area contributed by atoms with Gasteiger partial charge >= 0.3 is 0 Å². The first-order valence-corrected chi connectivity index (χ1v) is 11.1. The molecule has 2 N–H and O–H groups in total. The molecule has 0 bridgehead atoms. The van der Waals surface area contributed by atoms with Crippen LogP contribution < -0.4 is 15.5 Å². The van der Waals surface area contributed by atoms with Crippen molar-refractivity contribution in [2.24, 2.45) is 5.92 Å². The molecule has 0 aromatic heterocycles. The summed E-state index contributed by atoms with van der Waals surface area (Å²) in [6.07, 6.45) is 5.37. The topological polar surface area (TPSA) is 78.5 Å². The van der Waals surface area contributed by atoms with Crippen molar-refractivity contribution in [1.29, 1.82) is 0 Å². The zero-order valence-corrected chi connectivity index (χ0v) is 17.9. The summed E-state index contributed by atoms with van der Waals surface area (Å²) >= 11 is 0. The number of amides is 3. The Labute approximate surface area is 183 Å². The normalized spacial score (nSPS) is 18.9. The van der Waals surface area contributed by atoms with Gasteiger partial charge in [-0.05, 0) is 49.1 Å². The standard InChI is InChI=1S/C25H29N3O3/c1-2-17-11-13-20(14-12-17)28-16-18(15-23(28)29)24(30)27-22-10-6-5-9-21(22)25(31)26-19-7-3-4-8-19/h5-6,9-14,18-19H,2-4,7-8,15-16H2,1H3,(H,26,31)(H,27,30)/t18-/m1/s1. The Morgan fingerprint density at radius 1 is 1.03 bits per heavy atom. The summed E-state index contributed by atoms with van der Waals surface area (Å²) in [5.41, 5.74) is 2.96. The molecule has 31 heavy (non-hydrogen) atoms. The van der Waals surface area contributed by atoms with Crippen LogP contribution in [0.2, 0.25) is 0 Å². The average Bonchev–Trinajstić information content (AvgIpc) is 3.44. The SMILES string of the molecule is CCc1ccc(N2C[C@H](C(=O)Nc3ccccc3C(=O)NC3CCCC3)CC2=O)cc1. The van der Waals surface area contributed by atoms with Crippen LogP contribution >= 0.6 is 0 Å². The van der Waals surface area contributed by atoms with Crippen LogP contribution in [0.1, 0.15) is 54.9 Å². The Morgan fingerprint density at radius 3 is 2.45 bits per heavy atom. The molecule has 1 saturated carbocycles. The maximum atomic E-state index is 12.9. The number of carbonyl (C=O) groups excluding carboxylic acids is 3. The quantitative estimate of drug-likeness (QED) is 0.745. The minimum absolute atomic E-state index is 0.0586. The van der Waals surface area contributed by atoms with Crippen molar-refractivity contribution in [3.63, 3.8) is 0 Å². The predicted molar refractivity (Wildman–Crippen MR) is 121 cm³/mol. The number of rotatable bonds is 6. The Kier molecular flexibility index (Phi) is 6.35. The minimum Gasteiger partial charge on any atom is -0.349 e. The molecule has 1 heterocycles. The van der Waals surface area contributed by atoms with Gasteiger partial charge in [0, 0.05) is 24.7 Å². The van der Waals surface area contributed by atoms with Crippen LogP contribution in [0.4, 0.5) is 11.4 Å². The van der Waals surface area contributed by atoms with Crippen molar-refractivity contribution in [2.45, 2.75) is 51.5 Å². The number of anilines is 2. The van der Waals surface area contributed by atoms with Crippen LogP contribution in [0.15, 0.2) is 48.5 Å². The molecular weight excluding hydrogens is 390 g/mol. The first-order chi connectivity index (χ1) is 15.0. The van der Waals surface area contributed by atoms with Gasteiger partial charge in [-0.3, -0.25) is 14.4 Å². The van der Waals surface area contributed by atoms with Crippen molar-refractivity contribution >= 4 is 29.1 Å². The first-order valence-electron chi connectivity index (χ1n) is 11.1. The van der Waals surface area contributed by atoms with E-state index in [0.717, 1.165) is 37.8 Å². The van der Waals surface area contributed by atoms with Gasteiger partial charge in [0.2, 0.25) is 11.8 Å². The van der Waals surface area contributed by atoms with E-state index in [1.165, 1.54) is 5.56 Å². The van der Waals surface area contributed by atoms with Gasteiger partial charge < -0.3 is 15.5 Å². The van der Waals surface area contributed by atoms with Gasteiger partial charge in [-0.15, -0.1) is 0 Å². The zero-order valence-electron chi connectivity index (χ0n) is 17.9. The minimum atomic E-state index is -0.454. The lowest BCUT2D eigenvalue weighted by Gasteiger charge is -2.18. The van der Waals surface area contributed by atoms with Gasteiger partial charge in [0.15, 0.2) is 0 Å². The van der Waals surface area contributed by atoms with E-state index in [9.17, 15) is 14.4 Å². The Hall–Kier alpha value is -3.15. The summed E-state index contributed by atoms with van der Waals surface area (Å²) in [5, 5.41) is 5.96. The van der Waals surface area contributed by atoms with Crippen LogP contribution in [-0.4, -0.2) is 30.3 Å². The number of nitrogens with one attached hydrogen (secondary N) is 2. The Bertz CT molecular complexity index is 964. The molecule has 2 fully saturated rings. The smallest absolute Gasteiger partial charge is 0.253 e. The van der Waals surface area contributed by atoms with Gasteiger partial charge in [0.25, 0.3) is 5.91 Å². The van der Waals surface area contributed by atoms with Crippen LogP contribution in [0.5, 0.6) is 0 Å². The number of nitrogens with zero attached hydrogens (tertiary/aromatic N) is 1. The van der Waals surface area contributed by atoms with E-state index in [-0.39, 0.29) is 30.2 Å². The summed E-state index contributed by atoms with van der Waals surface area (Å²) in [4.78, 5) is 39.9. The number of hydrogen-bond donors (Lipinski definition) is 2. The number of benzene rings is 2. The van der Waals surface area contributed by atoms with Crippen molar-refractivity contribution in [3.8, 4) is 0 Å². The van der Waals surface area contributed by atoms with Crippen molar-refractivity contribution in [2.75, 3.05) is 16.8 Å². The monoisotopic (exact) mass is 419 g/mol. The Morgan fingerprint density at radius 2 is 1.74 bits per heavy atom. The van der Waals surface area contributed by atoms with Crippen molar-refractivity contribution in [3.05, 3.63) is 59.7 Å². The summed E-state index contributed by atoms with van der Waals surface area (Å²) in [5.74, 6) is -0.911. The van der Waals surface area contributed by atoms with Crippen LogP contribution in [0, 0.1) is 5.92 Å². The summed E-state index contributed by atoms with van der Waals surface area (Å²) in [6, 6.07) is 15.1. The van der Waals surface area contributed by atoms with Crippen LogP contribution in [0.25, 0.3) is 0 Å². The van der Waals surface area contributed by atoms with Gasteiger partial charge in [0.05, 0.1) is 17.2 Å². The molecule has 162 valence electrons. The van der Waals surface area contributed by atoms with E-state index in [2.05, 4.69) is 17.6 Å². The second-order valence-electron chi connectivity index (χ2n) is 8.42. The number of hydrogen-bond acceptors (Lipinski definition) is 3. The van der Waals surface area contributed by atoms with Crippen LogP contribution in [-0.2, 0) is 16.0 Å². The molecule has 0 spiro atoms. The van der Waals surface area contributed by atoms with Crippen molar-refractivity contribution < 1.29 is 14.4 Å². The molecule has 2 aliphatic rings. The largest absolute Gasteiger partial charge is 0.349 e. The number of para-hydroxylation sites is 1. The molecule has 6 nitrogen and oxygen atoms in total. The fourth-order valence-electron chi connectivity index (χ4n) is 4.40. The van der Waals surface area contributed by atoms with E-state index >= 15 is 0 Å². The highest BCUT2D eigenvalue weighted by Gasteiger charge is 2.35. The number of carbonyl (C=O) groups is 3. The van der Waals surface area contributed by atoms with Crippen molar-refractivity contribution in [1.82, 2.24) is 5.32 Å². The number of aryl methyl sites for hydroxylation is 1. The first kappa shape index (κ1) is 21.1. The van der Waals surface area contributed by atoms with Gasteiger partial charge in [-0.2, -0.15) is 0 Å². The molecule has 0 unspecified atom stereocenters. The summed E-state index contributed by atoms with van der Waals surface area (Å²) in [7, 11) is 0. The highest BCUT2D eigenvalue weighted by molar-refractivity contribution is 6.07. The van der Waals surface area contributed by atoms with Gasteiger partial charge in [-0.1, -0.05) is 44.0 Å². The van der Waals surface area contributed by atoms with E-state index in [0.29, 0.717) is 17.8 Å². The third-order valence-corrected chi connectivity index (χ3v) is 6.27. The third-order valence-electron chi connectivity index (χ3n) is 6.27. The maximum Gasteiger partial charge on any atom is 0.253 e. The second-order valence-corrected chi connectivity index (χ2v) is 8.42. The second kappa shape index (κ2) is 9.33. The molecular formula is C25H29N3O3. The molecule has 1 aliphatic carbocycles. The molecule has 4 rings (SSSR count). The van der Waals surface area contributed by atoms with E-state index in [4.69, 9.17) is 0 Å². The predicted octanol–water partition coefficient (Wildman–Crippen LogP) is 3.91. The molecule has 2 aromatic rings. The highest BCUT2D eigenvalue weighted by Crippen LogP contribution is 2.27. The summed E-state index contributed by atoms with van der Waals surface area (Å²) in [6.45, 7) is 2.43. The van der Waals surface area contributed by atoms with E-state index in [1.54, 1.807) is 29.2 Å². The summed E-state index contributed by atoms with van der Waals surface area (Å²) < 4.78 is 0. The maximum absolute atomic E-state index is 12.9. The zero-order chi connectivity index (χ0) is 21.8. The van der Waals surface area contributed by atoms with E-state index < -0.39 is 5.92 Å². The molecule has 6 heteroatoms. The fraction of sp³-hybridized carbons (Fsp3) is 0.400. The van der Waals surface area contributed by atoms with Gasteiger partial charge in [0.1, 0.15) is 0 Å². The molecule has 3 amide bonds. The van der Waals surface area contributed by atoms with Crippen LogP contribution in [0.3, 0.4) is 0 Å². The van der Waals surface area contributed by atoms with Gasteiger partial charge in [-0.25, -0.2) is 0 Å². The lowest BCUT2D eigenvalue weighted by Crippen LogP contribution is -2.34. The fourth-order valence-corrected chi connectivity index (χ4v) is 4.40. The molecule has 2 aromatic carbocycles. The lowest BCUT2D eigenvalue weighted by molar-refractivity contribution is -0.122. The molecule has 1 atom stereocenters. The average molecular weight is 420 g/mol. The third kappa shape index (κ3) is 4.79. The Balaban J connectivity index is 1.42.